The fourth-order valence-electron chi connectivity index (χ4n) is 1.55. The standard InChI is InChI=1S/C13H17F3O2/c1-10(18-9-5-8-13(14,15)16)12(17)11-6-3-2-4-7-11/h2-4,6-7,10,12,17H,5,8-9H2,1H3. The Morgan fingerprint density at radius 3 is 2.39 bits per heavy atom. The van der Waals surface area contributed by atoms with Crippen LogP contribution in [0.1, 0.15) is 31.4 Å². The molecule has 18 heavy (non-hydrogen) atoms. The van der Waals surface area contributed by atoms with E-state index in [1.807, 2.05) is 6.07 Å². The molecule has 0 radical (unpaired) electrons. The molecule has 2 atom stereocenters. The third kappa shape index (κ3) is 5.51. The molecule has 0 aromatic heterocycles. The zero-order chi connectivity index (χ0) is 13.6. The predicted octanol–water partition coefficient (Wildman–Crippen LogP) is 3.47. The zero-order valence-electron chi connectivity index (χ0n) is 10.2. The highest BCUT2D eigenvalue weighted by atomic mass is 19.4. The van der Waals surface area contributed by atoms with Gasteiger partial charge in [-0.15, -0.1) is 0 Å². The lowest BCUT2D eigenvalue weighted by Crippen LogP contribution is -2.20. The maximum absolute atomic E-state index is 11.9. The summed E-state index contributed by atoms with van der Waals surface area (Å²) >= 11 is 0. The monoisotopic (exact) mass is 262 g/mol. The van der Waals surface area contributed by atoms with Crippen LogP contribution in [0, 0.1) is 0 Å². The third-order valence-electron chi connectivity index (χ3n) is 2.57. The molecule has 102 valence electrons. The van der Waals surface area contributed by atoms with Crippen LogP contribution in [0.2, 0.25) is 0 Å². The molecule has 0 fully saturated rings. The molecular weight excluding hydrogens is 245 g/mol. The summed E-state index contributed by atoms with van der Waals surface area (Å²) in [5.74, 6) is 0. The van der Waals surface area contributed by atoms with Gasteiger partial charge < -0.3 is 9.84 Å². The number of ether oxygens (including phenoxy) is 1. The van der Waals surface area contributed by atoms with Crippen molar-refractivity contribution in [2.45, 2.75) is 38.1 Å². The maximum atomic E-state index is 11.9. The highest BCUT2D eigenvalue weighted by Gasteiger charge is 2.26. The van der Waals surface area contributed by atoms with E-state index in [9.17, 15) is 18.3 Å². The van der Waals surface area contributed by atoms with E-state index in [1.165, 1.54) is 0 Å². The second-order valence-corrected chi connectivity index (χ2v) is 4.15. The van der Waals surface area contributed by atoms with E-state index in [1.54, 1.807) is 31.2 Å². The van der Waals surface area contributed by atoms with Crippen LogP contribution in [0.3, 0.4) is 0 Å². The average molecular weight is 262 g/mol. The molecule has 2 unspecified atom stereocenters. The van der Waals surface area contributed by atoms with Crippen LogP contribution >= 0.6 is 0 Å². The van der Waals surface area contributed by atoms with E-state index in [4.69, 9.17) is 4.74 Å². The Morgan fingerprint density at radius 1 is 1.22 bits per heavy atom. The van der Waals surface area contributed by atoms with Gasteiger partial charge in [0, 0.05) is 13.0 Å². The van der Waals surface area contributed by atoms with Gasteiger partial charge in [-0.05, 0) is 18.9 Å². The van der Waals surface area contributed by atoms with Gasteiger partial charge in [-0.2, -0.15) is 13.2 Å². The van der Waals surface area contributed by atoms with E-state index in [-0.39, 0.29) is 13.0 Å². The zero-order valence-corrected chi connectivity index (χ0v) is 10.2. The van der Waals surface area contributed by atoms with Gasteiger partial charge in [0.2, 0.25) is 0 Å². The number of halogens is 3. The van der Waals surface area contributed by atoms with Crippen molar-refractivity contribution in [1.29, 1.82) is 0 Å². The van der Waals surface area contributed by atoms with Crippen molar-refractivity contribution >= 4 is 0 Å². The number of aliphatic hydroxyl groups excluding tert-OH is 1. The molecule has 2 nitrogen and oxygen atoms in total. The van der Waals surface area contributed by atoms with E-state index >= 15 is 0 Å². The molecular formula is C13H17F3O2. The Labute approximate surface area is 104 Å². The first-order chi connectivity index (χ1) is 8.40. The van der Waals surface area contributed by atoms with Crippen molar-refractivity contribution < 1.29 is 23.0 Å². The Hall–Kier alpha value is -1.07. The van der Waals surface area contributed by atoms with Crippen LogP contribution in [-0.2, 0) is 4.74 Å². The van der Waals surface area contributed by atoms with Crippen molar-refractivity contribution in [2.75, 3.05) is 6.61 Å². The molecule has 0 aliphatic carbocycles. The van der Waals surface area contributed by atoms with Crippen LogP contribution in [0.25, 0.3) is 0 Å². The summed E-state index contributed by atoms with van der Waals surface area (Å²) in [6, 6.07) is 8.90. The fourth-order valence-corrected chi connectivity index (χ4v) is 1.55. The molecule has 0 bridgehead atoms. The first-order valence-electron chi connectivity index (χ1n) is 5.81. The van der Waals surface area contributed by atoms with E-state index < -0.39 is 24.8 Å². The number of hydrogen-bond acceptors (Lipinski definition) is 2. The number of rotatable bonds is 6. The molecule has 0 aliphatic heterocycles. The number of benzene rings is 1. The molecule has 0 amide bonds. The maximum Gasteiger partial charge on any atom is 0.389 e. The quantitative estimate of drug-likeness (QED) is 0.795. The lowest BCUT2D eigenvalue weighted by atomic mass is 10.1. The summed E-state index contributed by atoms with van der Waals surface area (Å²) < 4.78 is 40.9. The van der Waals surface area contributed by atoms with Crippen LogP contribution in [0.4, 0.5) is 13.2 Å². The number of hydrogen-bond donors (Lipinski definition) is 1. The smallest absolute Gasteiger partial charge is 0.386 e. The lowest BCUT2D eigenvalue weighted by molar-refractivity contribution is -0.140. The Kier molecular flexibility index (Phi) is 5.62. The first kappa shape index (κ1) is 15.0. The predicted molar refractivity (Wildman–Crippen MR) is 62.1 cm³/mol. The minimum absolute atomic E-state index is 0.00935. The molecule has 0 saturated carbocycles. The first-order valence-corrected chi connectivity index (χ1v) is 5.81. The van der Waals surface area contributed by atoms with Gasteiger partial charge >= 0.3 is 6.18 Å². The molecule has 1 aromatic rings. The summed E-state index contributed by atoms with van der Waals surface area (Å²) in [5.41, 5.74) is 0.695. The number of alkyl halides is 3. The summed E-state index contributed by atoms with van der Waals surface area (Å²) in [5, 5.41) is 9.90. The summed E-state index contributed by atoms with van der Waals surface area (Å²) in [6.45, 7) is 1.63. The molecule has 0 aliphatic rings. The van der Waals surface area contributed by atoms with Gasteiger partial charge in [-0.25, -0.2) is 0 Å². The van der Waals surface area contributed by atoms with Crippen LogP contribution < -0.4 is 0 Å². The van der Waals surface area contributed by atoms with Crippen LogP contribution in [0.5, 0.6) is 0 Å². The SMILES string of the molecule is CC(OCCCC(F)(F)F)C(O)c1ccccc1. The summed E-state index contributed by atoms with van der Waals surface area (Å²) in [6.07, 6.45) is -6.45. The van der Waals surface area contributed by atoms with Crippen molar-refractivity contribution in [3.8, 4) is 0 Å². The van der Waals surface area contributed by atoms with E-state index in [0.717, 1.165) is 0 Å². The molecule has 1 N–H and O–H groups in total. The second kappa shape index (κ2) is 6.75. The minimum Gasteiger partial charge on any atom is -0.386 e. The van der Waals surface area contributed by atoms with Gasteiger partial charge in [-0.3, -0.25) is 0 Å². The molecule has 0 spiro atoms. The molecule has 1 aromatic carbocycles. The third-order valence-corrected chi connectivity index (χ3v) is 2.57. The van der Waals surface area contributed by atoms with E-state index in [0.29, 0.717) is 5.56 Å². The molecule has 0 saturated heterocycles. The highest BCUT2D eigenvalue weighted by molar-refractivity contribution is 5.18. The molecule has 1 rings (SSSR count). The molecule has 0 heterocycles. The summed E-state index contributed by atoms with van der Waals surface area (Å²) in [4.78, 5) is 0. The Morgan fingerprint density at radius 2 is 1.83 bits per heavy atom. The summed E-state index contributed by atoms with van der Waals surface area (Å²) in [7, 11) is 0. The van der Waals surface area contributed by atoms with Gasteiger partial charge in [-0.1, -0.05) is 30.3 Å². The van der Waals surface area contributed by atoms with Gasteiger partial charge in [0.15, 0.2) is 0 Å². The van der Waals surface area contributed by atoms with Gasteiger partial charge in [0.25, 0.3) is 0 Å². The average Bonchev–Trinajstić information content (AvgIpc) is 2.33. The fraction of sp³-hybridized carbons (Fsp3) is 0.538. The van der Waals surface area contributed by atoms with Crippen LogP contribution in [-0.4, -0.2) is 24.0 Å². The van der Waals surface area contributed by atoms with E-state index in [2.05, 4.69) is 0 Å². The van der Waals surface area contributed by atoms with Crippen molar-refractivity contribution in [2.24, 2.45) is 0 Å². The van der Waals surface area contributed by atoms with Gasteiger partial charge in [0.1, 0.15) is 6.10 Å². The largest absolute Gasteiger partial charge is 0.389 e. The minimum atomic E-state index is -4.15. The van der Waals surface area contributed by atoms with Crippen molar-refractivity contribution in [1.82, 2.24) is 0 Å². The van der Waals surface area contributed by atoms with Gasteiger partial charge in [0.05, 0.1) is 6.10 Å². The Bertz CT molecular complexity index is 338. The van der Waals surface area contributed by atoms with Crippen molar-refractivity contribution in [3.63, 3.8) is 0 Å². The van der Waals surface area contributed by atoms with Crippen LogP contribution in [0.15, 0.2) is 30.3 Å². The number of aliphatic hydroxyl groups is 1. The molecule has 5 heteroatoms. The lowest BCUT2D eigenvalue weighted by Gasteiger charge is -2.20. The normalized spacial score (nSPS) is 15.4. The highest BCUT2D eigenvalue weighted by Crippen LogP contribution is 2.22. The Balaban J connectivity index is 2.31. The van der Waals surface area contributed by atoms with Crippen molar-refractivity contribution in [3.05, 3.63) is 35.9 Å². The topological polar surface area (TPSA) is 29.5 Å². The second-order valence-electron chi connectivity index (χ2n) is 4.15.